The molecule has 1 saturated heterocycles. The van der Waals surface area contributed by atoms with Crippen molar-refractivity contribution < 1.29 is 19.0 Å². The SMILES string of the molecule is O=C(O)C[C@@H](CO[C@@H]1CCCN(CCCc2ccc3c(n2)NCCC3)C1)c1cc(C2CC2)ccc1F. The summed E-state index contributed by atoms with van der Waals surface area (Å²) in [4.78, 5) is 18.8. The Morgan fingerprint density at radius 3 is 2.94 bits per heavy atom. The highest BCUT2D eigenvalue weighted by atomic mass is 19.1. The highest BCUT2D eigenvalue weighted by Crippen LogP contribution is 2.41. The van der Waals surface area contributed by atoms with E-state index in [9.17, 15) is 14.3 Å². The Balaban J connectivity index is 1.12. The van der Waals surface area contributed by atoms with E-state index in [1.54, 1.807) is 0 Å². The minimum absolute atomic E-state index is 0.0517. The molecule has 1 saturated carbocycles. The number of piperidine rings is 1. The zero-order valence-electron chi connectivity index (χ0n) is 21.1. The summed E-state index contributed by atoms with van der Waals surface area (Å²) in [6, 6.07) is 9.58. The van der Waals surface area contributed by atoms with E-state index in [4.69, 9.17) is 9.72 Å². The van der Waals surface area contributed by atoms with E-state index in [1.165, 1.54) is 18.1 Å². The lowest BCUT2D eigenvalue weighted by molar-refractivity contribution is -0.138. The van der Waals surface area contributed by atoms with E-state index in [2.05, 4.69) is 22.3 Å². The van der Waals surface area contributed by atoms with Crippen molar-refractivity contribution in [3.05, 3.63) is 58.5 Å². The zero-order valence-corrected chi connectivity index (χ0v) is 21.1. The topological polar surface area (TPSA) is 74.7 Å². The van der Waals surface area contributed by atoms with Gasteiger partial charge in [-0.2, -0.15) is 0 Å². The first-order chi connectivity index (χ1) is 17.5. The smallest absolute Gasteiger partial charge is 0.304 e. The lowest BCUT2D eigenvalue weighted by atomic mass is 9.93. The van der Waals surface area contributed by atoms with Crippen molar-refractivity contribution in [3.63, 3.8) is 0 Å². The van der Waals surface area contributed by atoms with Gasteiger partial charge < -0.3 is 20.1 Å². The number of hydrogen-bond acceptors (Lipinski definition) is 5. The number of anilines is 1. The third-order valence-electron chi connectivity index (χ3n) is 7.78. The molecule has 5 rings (SSSR count). The van der Waals surface area contributed by atoms with Crippen LogP contribution in [0.3, 0.4) is 0 Å². The fourth-order valence-corrected chi connectivity index (χ4v) is 5.61. The second-order valence-electron chi connectivity index (χ2n) is 10.7. The second kappa shape index (κ2) is 11.7. The third kappa shape index (κ3) is 6.62. The number of aryl methyl sites for hydroxylation is 2. The van der Waals surface area contributed by atoms with Crippen LogP contribution in [0.2, 0.25) is 0 Å². The molecule has 3 aliphatic rings. The number of fused-ring (bicyclic) bond motifs is 1. The van der Waals surface area contributed by atoms with Gasteiger partial charge >= 0.3 is 5.97 Å². The quantitative estimate of drug-likeness (QED) is 0.450. The molecule has 0 spiro atoms. The molecule has 194 valence electrons. The lowest BCUT2D eigenvalue weighted by Gasteiger charge is -2.33. The largest absolute Gasteiger partial charge is 0.481 e. The molecule has 3 heterocycles. The molecule has 7 heteroatoms. The third-order valence-corrected chi connectivity index (χ3v) is 7.78. The number of pyridine rings is 1. The molecule has 0 amide bonds. The number of ether oxygens (including phenoxy) is 1. The number of aliphatic carboxylic acids is 1. The predicted octanol–water partition coefficient (Wildman–Crippen LogP) is 5.13. The van der Waals surface area contributed by atoms with Crippen LogP contribution >= 0.6 is 0 Å². The first-order valence-corrected chi connectivity index (χ1v) is 13.6. The fourth-order valence-electron chi connectivity index (χ4n) is 5.61. The Morgan fingerprint density at radius 1 is 1.22 bits per heavy atom. The maximum atomic E-state index is 14.7. The molecule has 1 aliphatic carbocycles. The van der Waals surface area contributed by atoms with Crippen molar-refractivity contribution in [1.29, 1.82) is 0 Å². The summed E-state index contributed by atoms with van der Waals surface area (Å²) in [5, 5.41) is 12.9. The molecule has 1 aromatic carbocycles. The number of likely N-dealkylation sites (tertiary alicyclic amines) is 1. The molecule has 2 N–H and O–H groups in total. The highest BCUT2D eigenvalue weighted by Gasteiger charge is 2.28. The van der Waals surface area contributed by atoms with Crippen molar-refractivity contribution in [2.75, 3.05) is 38.1 Å². The van der Waals surface area contributed by atoms with E-state index in [1.807, 2.05) is 12.1 Å². The number of nitrogens with one attached hydrogen (secondary N) is 1. The Kier molecular flexibility index (Phi) is 8.17. The molecule has 2 atom stereocenters. The predicted molar refractivity (Wildman–Crippen MR) is 138 cm³/mol. The number of benzene rings is 1. The number of aromatic nitrogens is 1. The van der Waals surface area contributed by atoms with Gasteiger partial charge in [0.1, 0.15) is 11.6 Å². The Labute approximate surface area is 213 Å². The van der Waals surface area contributed by atoms with E-state index in [-0.39, 0.29) is 24.9 Å². The number of carboxylic acid groups (broad SMARTS) is 1. The summed E-state index contributed by atoms with van der Waals surface area (Å²) in [5.74, 6) is -0.169. The van der Waals surface area contributed by atoms with Crippen LogP contribution < -0.4 is 5.32 Å². The number of carbonyl (C=O) groups is 1. The summed E-state index contributed by atoms with van der Waals surface area (Å²) >= 11 is 0. The van der Waals surface area contributed by atoms with Crippen LogP contribution in [-0.4, -0.2) is 59.8 Å². The van der Waals surface area contributed by atoms with Gasteiger partial charge in [0.15, 0.2) is 0 Å². The van der Waals surface area contributed by atoms with Gasteiger partial charge in [-0.15, -0.1) is 0 Å². The minimum atomic E-state index is -0.920. The average Bonchev–Trinajstić information content (AvgIpc) is 3.73. The Bertz CT molecular complexity index is 1060. The van der Waals surface area contributed by atoms with E-state index >= 15 is 0 Å². The van der Waals surface area contributed by atoms with Crippen LogP contribution in [0, 0.1) is 5.82 Å². The summed E-state index contributed by atoms with van der Waals surface area (Å²) < 4.78 is 20.9. The number of carboxylic acids is 1. The summed E-state index contributed by atoms with van der Waals surface area (Å²) in [6.07, 6.45) is 8.47. The van der Waals surface area contributed by atoms with Gasteiger partial charge in [0.25, 0.3) is 0 Å². The van der Waals surface area contributed by atoms with Crippen molar-refractivity contribution in [2.45, 2.75) is 75.7 Å². The van der Waals surface area contributed by atoms with Crippen molar-refractivity contribution in [3.8, 4) is 0 Å². The average molecular weight is 496 g/mol. The van der Waals surface area contributed by atoms with E-state index < -0.39 is 11.9 Å². The molecular weight excluding hydrogens is 457 g/mol. The van der Waals surface area contributed by atoms with Crippen molar-refractivity contribution >= 4 is 11.8 Å². The second-order valence-corrected chi connectivity index (χ2v) is 10.7. The first-order valence-electron chi connectivity index (χ1n) is 13.6. The van der Waals surface area contributed by atoms with Gasteiger partial charge in [-0.3, -0.25) is 4.79 Å². The Hall–Kier alpha value is -2.51. The van der Waals surface area contributed by atoms with Gasteiger partial charge in [-0.05, 0) is 99.2 Å². The standard InChI is InChI=1S/C29H38FN3O3/c30-27-12-10-22(20-7-8-20)16-26(27)23(17-28(34)35)19-36-25-6-3-15-33(18-25)14-2-5-24-11-9-21-4-1-13-31-29(21)32-24/h9-12,16,20,23,25H,1-8,13-15,17-19H2,(H,31,32)(H,34,35)/t23-,25+/m0/s1. The number of nitrogens with zero attached hydrogens (tertiary/aromatic N) is 2. The maximum absolute atomic E-state index is 14.7. The Morgan fingerprint density at radius 2 is 2.11 bits per heavy atom. The monoisotopic (exact) mass is 495 g/mol. The molecule has 36 heavy (non-hydrogen) atoms. The molecule has 2 aromatic rings. The molecule has 2 fully saturated rings. The molecule has 0 bridgehead atoms. The molecule has 0 unspecified atom stereocenters. The van der Waals surface area contributed by atoms with Gasteiger partial charge in [0.2, 0.25) is 0 Å². The van der Waals surface area contributed by atoms with Gasteiger partial charge in [0, 0.05) is 24.7 Å². The van der Waals surface area contributed by atoms with Crippen LogP contribution in [0.1, 0.15) is 79.2 Å². The minimum Gasteiger partial charge on any atom is -0.481 e. The van der Waals surface area contributed by atoms with Crippen molar-refractivity contribution in [2.24, 2.45) is 0 Å². The fraction of sp³-hybridized carbons (Fsp3) is 0.586. The number of hydrogen-bond donors (Lipinski definition) is 2. The molecule has 6 nitrogen and oxygen atoms in total. The van der Waals surface area contributed by atoms with Crippen LogP contribution in [0.25, 0.3) is 0 Å². The number of rotatable bonds is 11. The molecule has 2 aliphatic heterocycles. The first kappa shape index (κ1) is 25.2. The van der Waals surface area contributed by atoms with Gasteiger partial charge in [0.05, 0.1) is 19.1 Å². The van der Waals surface area contributed by atoms with Crippen LogP contribution in [0.4, 0.5) is 10.2 Å². The molecule has 0 radical (unpaired) electrons. The number of halogens is 1. The molecular formula is C29H38FN3O3. The van der Waals surface area contributed by atoms with Crippen LogP contribution in [0.5, 0.6) is 0 Å². The van der Waals surface area contributed by atoms with E-state index in [0.29, 0.717) is 11.5 Å². The lowest BCUT2D eigenvalue weighted by Crippen LogP contribution is -2.40. The normalized spacial score (nSPS) is 21.0. The summed E-state index contributed by atoms with van der Waals surface area (Å²) in [7, 11) is 0. The summed E-state index contributed by atoms with van der Waals surface area (Å²) in [5.41, 5.74) is 4.07. The maximum Gasteiger partial charge on any atom is 0.304 e. The van der Waals surface area contributed by atoms with Gasteiger partial charge in [-0.25, -0.2) is 9.37 Å². The van der Waals surface area contributed by atoms with Gasteiger partial charge in [-0.1, -0.05) is 18.2 Å². The molecule has 1 aromatic heterocycles. The highest BCUT2D eigenvalue weighted by molar-refractivity contribution is 5.68. The van der Waals surface area contributed by atoms with Crippen molar-refractivity contribution in [1.82, 2.24) is 9.88 Å². The summed E-state index contributed by atoms with van der Waals surface area (Å²) in [6.45, 7) is 4.12. The van der Waals surface area contributed by atoms with Crippen LogP contribution in [0.15, 0.2) is 30.3 Å². The van der Waals surface area contributed by atoms with Crippen LogP contribution in [-0.2, 0) is 22.4 Å². The zero-order chi connectivity index (χ0) is 24.9. The van der Waals surface area contributed by atoms with E-state index in [0.717, 1.165) is 88.2 Å².